The molecule has 0 fully saturated rings. The van der Waals surface area contributed by atoms with Crippen molar-refractivity contribution in [2.24, 2.45) is 11.8 Å². The largest absolute Gasteiger partial charge is 0.374 e. The number of hydrogen-bond acceptors (Lipinski definition) is 2. The summed E-state index contributed by atoms with van der Waals surface area (Å²) in [6.07, 6.45) is 1.22. The molecule has 3 heteroatoms. The van der Waals surface area contributed by atoms with E-state index in [4.69, 9.17) is 0 Å². The minimum Gasteiger partial charge on any atom is -0.374 e. The van der Waals surface area contributed by atoms with Crippen LogP contribution in [0.25, 0.3) is 0 Å². The van der Waals surface area contributed by atoms with E-state index in [0.29, 0.717) is 5.92 Å². The first kappa shape index (κ1) is 17.5. The maximum Gasteiger partial charge on any atom is 0.0375 e. The number of anilines is 1. The molecule has 0 amide bonds. The molecule has 0 aromatic heterocycles. The normalized spacial score (nSPS) is 12.8. The second kappa shape index (κ2) is 8.68. The zero-order valence-electron chi connectivity index (χ0n) is 13.5. The van der Waals surface area contributed by atoms with Crippen LogP contribution in [0.15, 0.2) is 22.7 Å². The Morgan fingerprint density at radius 1 is 1.25 bits per heavy atom. The minimum absolute atomic E-state index is 0.690. The second-order valence-electron chi connectivity index (χ2n) is 6.19. The number of nitrogens with zero attached hydrogens (tertiary/aromatic N) is 1. The number of hydrogen-bond donors (Lipinski definition) is 1. The molecule has 0 bridgehead atoms. The van der Waals surface area contributed by atoms with Gasteiger partial charge in [0.1, 0.15) is 0 Å². The van der Waals surface area contributed by atoms with Crippen LogP contribution in [0.4, 0.5) is 5.69 Å². The molecule has 0 aliphatic rings. The van der Waals surface area contributed by atoms with Crippen LogP contribution in [0.1, 0.15) is 39.7 Å². The zero-order valence-corrected chi connectivity index (χ0v) is 15.1. The molecule has 0 aliphatic carbocycles. The highest BCUT2D eigenvalue weighted by Crippen LogP contribution is 2.24. The lowest BCUT2D eigenvalue weighted by atomic mass is 10.1. The minimum atomic E-state index is 0.690. The number of halogens is 1. The van der Waals surface area contributed by atoms with E-state index >= 15 is 0 Å². The van der Waals surface area contributed by atoms with Gasteiger partial charge in [-0.1, -0.05) is 56.1 Å². The van der Waals surface area contributed by atoms with Crippen molar-refractivity contribution in [3.8, 4) is 0 Å². The van der Waals surface area contributed by atoms with E-state index in [-0.39, 0.29) is 0 Å². The Hall–Kier alpha value is -0.540. The monoisotopic (exact) mass is 340 g/mol. The van der Waals surface area contributed by atoms with Crippen LogP contribution in [0.3, 0.4) is 0 Å². The van der Waals surface area contributed by atoms with Crippen molar-refractivity contribution in [1.29, 1.82) is 0 Å². The summed E-state index contributed by atoms with van der Waals surface area (Å²) in [5, 5.41) is 3.49. The smallest absolute Gasteiger partial charge is 0.0375 e. The van der Waals surface area contributed by atoms with E-state index in [2.05, 4.69) is 79.1 Å². The van der Waals surface area contributed by atoms with Gasteiger partial charge in [0.2, 0.25) is 0 Å². The van der Waals surface area contributed by atoms with Gasteiger partial charge in [0.25, 0.3) is 0 Å². The van der Waals surface area contributed by atoms with E-state index < -0.39 is 0 Å². The van der Waals surface area contributed by atoms with Crippen molar-refractivity contribution in [2.75, 3.05) is 25.0 Å². The van der Waals surface area contributed by atoms with E-state index in [0.717, 1.165) is 25.6 Å². The van der Waals surface area contributed by atoms with Crippen LogP contribution in [-0.2, 0) is 6.54 Å². The maximum atomic E-state index is 3.70. The third kappa shape index (κ3) is 5.84. The Bertz CT molecular complexity index is 404. The van der Waals surface area contributed by atoms with Crippen LogP contribution in [0.2, 0.25) is 0 Å². The highest BCUT2D eigenvalue weighted by Gasteiger charge is 2.08. The summed E-state index contributed by atoms with van der Waals surface area (Å²) in [6.45, 7) is 12.1. The number of benzene rings is 1. The average Bonchev–Trinajstić information content (AvgIpc) is 2.39. The molecule has 1 aromatic carbocycles. The van der Waals surface area contributed by atoms with Crippen LogP contribution < -0.4 is 10.2 Å². The Morgan fingerprint density at radius 2 is 1.95 bits per heavy atom. The Balaban J connectivity index is 2.62. The van der Waals surface area contributed by atoms with E-state index in [9.17, 15) is 0 Å². The lowest BCUT2D eigenvalue weighted by Gasteiger charge is -2.23. The first-order chi connectivity index (χ1) is 9.43. The topological polar surface area (TPSA) is 15.3 Å². The summed E-state index contributed by atoms with van der Waals surface area (Å²) in [5.74, 6) is 1.42. The lowest BCUT2D eigenvalue weighted by molar-refractivity contribution is 0.551. The lowest BCUT2D eigenvalue weighted by Crippen LogP contribution is -2.23. The van der Waals surface area contributed by atoms with Gasteiger partial charge < -0.3 is 10.2 Å². The fourth-order valence-electron chi connectivity index (χ4n) is 2.11. The van der Waals surface area contributed by atoms with Gasteiger partial charge in [-0.05, 0) is 36.1 Å². The third-order valence-electron chi connectivity index (χ3n) is 3.63. The quantitative estimate of drug-likeness (QED) is 0.739. The number of rotatable bonds is 8. The summed E-state index contributed by atoms with van der Waals surface area (Å²) >= 11 is 3.70. The van der Waals surface area contributed by atoms with Gasteiger partial charge in [0, 0.05) is 30.3 Å². The fraction of sp³-hybridized carbons (Fsp3) is 0.647. The highest BCUT2D eigenvalue weighted by atomic mass is 79.9. The first-order valence-electron chi connectivity index (χ1n) is 7.64. The van der Waals surface area contributed by atoms with Crippen molar-refractivity contribution >= 4 is 21.6 Å². The molecule has 0 saturated carbocycles. The molecule has 1 rings (SSSR count). The van der Waals surface area contributed by atoms with E-state index in [1.165, 1.54) is 22.1 Å². The molecule has 0 heterocycles. The van der Waals surface area contributed by atoms with Crippen molar-refractivity contribution in [3.05, 3.63) is 28.2 Å². The highest BCUT2D eigenvalue weighted by molar-refractivity contribution is 9.10. The SMILES string of the molecule is CCC(C)CN(C)c1ccc(CNCC(C)C)c(Br)c1. The average molecular weight is 341 g/mol. The summed E-state index contributed by atoms with van der Waals surface area (Å²) in [4.78, 5) is 2.34. The summed E-state index contributed by atoms with van der Waals surface area (Å²) in [5.41, 5.74) is 2.61. The Kier molecular flexibility index (Phi) is 7.60. The first-order valence-corrected chi connectivity index (χ1v) is 8.43. The molecular formula is C17H29BrN2. The fourth-order valence-corrected chi connectivity index (χ4v) is 2.62. The van der Waals surface area contributed by atoms with Gasteiger partial charge in [-0.2, -0.15) is 0 Å². The van der Waals surface area contributed by atoms with Crippen molar-refractivity contribution in [2.45, 2.75) is 40.7 Å². The molecule has 0 spiro atoms. The molecule has 1 aromatic rings. The number of nitrogens with one attached hydrogen (secondary N) is 1. The van der Waals surface area contributed by atoms with Gasteiger partial charge in [-0.25, -0.2) is 0 Å². The Morgan fingerprint density at radius 3 is 2.50 bits per heavy atom. The van der Waals surface area contributed by atoms with E-state index in [1.54, 1.807) is 0 Å². The molecule has 1 atom stereocenters. The molecule has 2 nitrogen and oxygen atoms in total. The zero-order chi connectivity index (χ0) is 15.1. The molecule has 1 unspecified atom stereocenters. The Labute approximate surface area is 133 Å². The molecule has 1 N–H and O–H groups in total. The standard InChI is InChI=1S/C17H29BrN2/c1-6-14(4)12-20(5)16-8-7-15(17(18)9-16)11-19-10-13(2)3/h7-9,13-14,19H,6,10-12H2,1-5H3. The molecule has 0 saturated heterocycles. The third-order valence-corrected chi connectivity index (χ3v) is 4.37. The van der Waals surface area contributed by atoms with Crippen molar-refractivity contribution in [1.82, 2.24) is 5.32 Å². The maximum absolute atomic E-state index is 3.70. The van der Waals surface area contributed by atoms with Crippen molar-refractivity contribution < 1.29 is 0 Å². The molecule has 0 radical (unpaired) electrons. The van der Waals surface area contributed by atoms with Gasteiger partial charge in [0.05, 0.1) is 0 Å². The van der Waals surface area contributed by atoms with Gasteiger partial charge in [-0.15, -0.1) is 0 Å². The molecule has 0 aliphatic heterocycles. The van der Waals surface area contributed by atoms with Gasteiger partial charge >= 0.3 is 0 Å². The van der Waals surface area contributed by atoms with Crippen LogP contribution >= 0.6 is 15.9 Å². The van der Waals surface area contributed by atoms with Crippen molar-refractivity contribution in [3.63, 3.8) is 0 Å². The summed E-state index contributed by atoms with van der Waals surface area (Å²) in [6, 6.07) is 6.67. The van der Waals surface area contributed by atoms with Crippen LogP contribution in [-0.4, -0.2) is 20.1 Å². The van der Waals surface area contributed by atoms with Gasteiger partial charge in [-0.3, -0.25) is 0 Å². The summed E-state index contributed by atoms with van der Waals surface area (Å²) < 4.78 is 1.20. The van der Waals surface area contributed by atoms with Gasteiger partial charge in [0.15, 0.2) is 0 Å². The second-order valence-corrected chi connectivity index (χ2v) is 7.05. The molecular weight excluding hydrogens is 312 g/mol. The molecule has 114 valence electrons. The van der Waals surface area contributed by atoms with Crippen LogP contribution in [0, 0.1) is 11.8 Å². The predicted molar refractivity (Wildman–Crippen MR) is 93.4 cm³/mol. The molecule has 20 heavy (non-hydrogen) atoms. The predicted octanol–water partition coefficient (Wildman–Crippen LogP) is 4.68. The van der Waals surface area contributed by atoms with Crippen LogP contribution in [0.5, 0.6) is 0 Å². The van der Waals surface area contributed by atoms with E-state index in [1.807, 2.05) is 0 Å². The summed E-state index contributed by atoms with van der Waals surface area (Å²) in [7, 11) is 2.17.